The van der Waals surface area contributed by atoms with Crippen molar-refractivity contribution in [2.24, 2.45) is 10.2 Å². The number of halogens is 1. The molecule has 0 aliphatic rings. The van der Waals surface area contributed by atoms with Gasteiger partial charge in [0.15, 0.2) is 18.0 Å². The molecule has 0 aliphatic heterocycles. The van der Waals surface area contributed by atoms with E-state index < -0.39 is 17.4 Å². The highest BCUT2D eigenvalue weighted by Crippen LogP contribution is 2.40. The van der Waals surface area contributed by atoms with Gasteiger partial charge in [-0.05, 0) is 29.8 Å². The van der Waals surface area contributed by atoms with Crippen LogP contribution >= 0.6 is 15.9 Å². The summed E-state index contributed by atoms with van der Waals surface area (Å²) in [5.74, 6) is -0.938. The van der Waals surface area contributed by atoms with Gasteiger partial charge in [-0.15, -0.1) is 10.2 Å². The van der Waals surface area contributed by atoms with Gasteiger partial charge in [-0.3, -0.25) is 14.9 Å². The summed E-state index contributed by atoms with van der Waals surface area (Å²) in [6.07, 6.45) is 0. The first-order chi connectivity index (χ1) is 15.9. The third-order valence-electron chi connectivity index (χ3n) is 4.83. The van der Waals surface area contributed by atoms with Gasteiger partial charge in [0.05, 0.1) is 17.0 Å². The molecule has 0 fully saturated rings. The van der Waals surface area contributed by atoms with Crippen molar-refractivity contribution in [3.63, 3.8) is 0 Å². The zero-order valence-electron chi connectivity index (χ0n) is 17.1. The quantitative estimate of drug-likeness (QED) is 0.193. The van der Waals surface area contributed by atoms with Crippen LogP contribution in [0.5, 0.6) is 11.6 Å². The molecule has 0 unspecified atom stereocenters. The predicted molar refractivity (Wildman–Crippen MR) is 125 cm³/mol. The fourth-order valence-electron chi connectivity index (χ4n) is 3.32. The summed E-state index contributed by atoms with van der Waals surface area (Å²) >= 11 is 3.41. The van der Waals surface area contributed by atoms with E-state index in [4.69, 9.17) is 4.74 Å². The Morgan fingerprint density at radius 2 is 1.82 bits per heavy atom. The molecule has 0 spiro atoms. The number of benzene rings is 3. The van der Waals surface area contributed by atoms with Crippen LogP contribution in [0.25, 0.3) is 10.9 Å². The number of amides is 1. The summed E-state index contributed by atoms with van der Waals surface area (Å²) < 4.78 is 7.70. The molecular formula is C23H17BrN4O5. The highest BCUT2D eigenvalue weighted by Gasteiger charge is 2.18. The van der Waals surface area contributed by atoms with Crippen molar-refractivity contribution < 1.29 is 19.6 Å². The van der Waals surface area contributed by atoms with E-state index >= 15 is 0 Å². The van der Waals surface area contributed by atoms with Gasteiger partial charge < -0.3 is 14.4 Å². The molecule has 0 radical (unpaired) electrons. The van der Waals surface area contributed by atoms with Crippen LogP contribution in [-0.2, 0) is 11.3 Å². The monoisotopic (exact) mass is 508 g/mol. The molecule has 0 saturated heterocycles. The number of azo groups is 1. The Bertz CT molecular complexity index is 1370. The average molecular weight is 509 g/mol. The molecule has 0 bridgehead atoms. The van der Waals surface area contributed by atoms with Crippen LogP contribution in [0.1, 0.15) is 5.56 Å². The third-order valence-corrected chi connectivity index (χ3v) is 5.32. The molecule has 0 atom stereocenters. The van der Waals surface area contributed by atoms with Gasteiger partial charge in [0, 0.05) is 15.9 Å². The van der Waals surface area contributed by atoms with Crippen molar-refractivity contribution in [1.82, 2.24) is 4.57 Å². The Morgan fingerprint density at radius 3 is 2.58 bits per heavy atom. The number of nitro benzene ring substituents is 1. The number of aromatic hydroxyl groups is 1. The van der Waals surface area contributed by atoms with E-state index in [1.807, 2.05) is 42.5 Å². The molecule has 33 heavy (non-hydrogen) atoms. The first kappa shape index (κ1) is 22.2. The lowest BCUT2D eigenvalue weighted by atomic mass is 10.2. The van der Waals surface area contributed by atoms with E-state index in [1.165, 1.54) is 18.2 Å². The van der Waals surface area contributed by atoms with Crippen LogP contribution in [0, 0.1) is 10.1 Å². The first-order valence-corrected chi connectivity index (χ1v) is 10.6. The summed E-state index contributed by atoms with van der Waals surface area (Å²) in [5, 5.41) is 30.2. The maximum Gasteiger partial charge on any atom is 0.310 e. The number of carbonyl (C=O) groups is 1. The van der Waals surface area contributed by atoms with Gasteiger partial charge >= 0.3 is 11.6 Å². The minimum atomic E-state index is -0.758. The molecule has 1 aromatic heterocycles. The van der Waals surface area contributed by atoms with E-state index in [0.29, 0.717) is 11.9 Å². The summed E-state index contributed by atoms with van der Waals surface area (Å²) in [6, 6.07) is 20.8. The molecule has 4 aromatic rings. The lowest BCUT2D eigenvalue weighted by Gasteiger charge is -2.07. The number of hydrogen-bond donors (Lipinski definition) is 1. The Hall–Kier alpha value is -4.05. The highest BCUT2D eigenvalue weighted by atomic mass is 79.9. The summed E-state index contributed by atoms with van der Waals surface area (Å²) in [5.41, 5.74) is 1.58. The smallest absolute Gasteiger partial charge is 0.310 e. The Balaban J connectivity index is 1.59. The Labute approximate surface area is 196 Å². The molecule has 3 aromatic carbocycles. The van der Waals surface area contributed by atoms with Crippen molar-refractivity contribution in [3.05, 3.63) is 92.9 Å². The molecule has 1 N–H and O–H groups in total. The molecule has 4 rings (SSSR count). The molecule has 166 valence electrons. The number of ether oxygens (including phenoxy) is 1. The summed E-state index contributed by atoms with van der Waals surface area (Å²) in [4.78, 5) is 22.7. The van der Waals surface area contributed by atoms with Crippen LogP contribution < -0.4 is 4.74 Å². The van der Waals surface area contributed by atoms with Gasteiger partial charge in [-0.2, -0.15) is 0 Å². The molecule has 1 heterocycles. The van der Waals surface area contributed by atoms with Gasteiger partial charge in [-0.25, -0.2) is 0 Å². The van der Waals surface area contributed by atoms with Crippen molar-refractivity contribution >= 4 is 44.1 Å². The van der Waals surface area contributed by atoms with Gasteiger partial charge in [0.2, 0.25) is 5.88 Å². The fraction of sp³-hybridized carbons (Fsp3) is 0.0870. The number of aromatic nitrogens is 1. The van der Waals surface area contributed by atoms with Gasteiger partial charge in [0.1, 0.15) is 0 Å². The second-order valence-electron chi connectivity index (χ2n) is 7.01. The van der Waals surface area contributed by atoms with Gasteiger partial charge in [-0.1, -0.05) is 58.4 Å². The van der Waals surface area contributed by atoms with E-state index in [9.17, 15) is 20.0 Å². The van der Waals surface area contributed by atoms with Crippen LogP contribution in [0.2, 0.25) is 0 Å². The first-order valence-electron chi connectivity index (χ1n) is 9.79. The maximum atomic E-state index is 12.2. The van der Waals surface area contributed by atoms with E-state index in [0.717, 1.165) is 15.6 Å². The Kier molecular flexibility index (Phi) is 6.45. The average Bonchev–Trinajstić information content (AvgIpc) is 3.07. The van der Waals surface area contributed by atoms with Crippen LogP contribution in [-0.4, -0.2) is 27.1 Å². The fourth-order valence-corrected chi connectivity index (χ4v) is 3.69. The zero-order chi connectivity index (χ0) is 23.4. The highest BCUT2D eigenvalue weighted by molar-refractivity contribution is 9.10. The molecule has 0 saturated carbocycles. The van der Waals surface area contributed by atoms with Crippen molar-refractivity contribution in [2.45, 2.75) is 6.54 Å². The third kappa shape index (κ3) is 4.90. The number of fused-ring (bicyclic) bond motifs is 1. The number of nitro groups is 1. The molecular weight excluding hydrogens is 492 g/mol. The molecule has 0 aliphatic carbocycles. The summed E-state index contributed by atoms with van der Waals surface area (Å²) in [7, 11) is 0. The van der Waals surface area contributed by atoms with Crippen LogP contribution in [0.15, 0.2) is 87.5 Å². The number of nitrogens with zero attached hydrogens (tertiary/aromatic N) is 4. The van der Waals surface area contributed by atoms with E-state index in [2.05, 4.69) is 26.2 Å². The predicted octanol–water partition coefficient (Wildman–Crippen LogP) is 5.76. The van der Waals surface area contributed by atoms with Crippen LogP contribution in [0.4, 0.5) is 11.4 Å². The maximum absolute atomic E-state index is 12.2. The van der Waals surface area contributed by atoms with E-state index in [-0.39, 0.29) is 23.0 Å². The normalized spacial score (nSPS) is 11.2. The van der Waals surface area contributed by atoms with E-state index in [1.54, 1.807) is 16.7 Å². The topological polar surface area (TPSA) is 119 Å². The second kappa shape index (κ2) is 9.61. The number of carbonyl (C=O) groups excluding carboxylic acids is 1. The Morgan fingerprint density at radius 1 is 1.09 bits per heavy atom. The minimum absolute atomic E-state index is 0.0442. The zero-order valence-corrected chi connectivity index (χ0v) is 18.7. The second-order valence-corrected chi connectivity index (χ2v) is 7.93. The van der Waals surface area contributed by atoms with Crippen molar-refractivity contribution in [1.29, 1.82) is 0 Å². The van der Waals surface area contributed by atoms with Crippen LogP contribution in [0.3, 0.4) is 0 Å². The summed E-state index contributed by atoms with van der Waals surface area (Å²) in [6.45, 7) is -0.142. The number of para-hydroxylation sites is 2. The standard InChI is InChI=1S/C23H17BrN4O5/c24-16-10-11-18-17(12-16)22(23(30)27(18)13-15-6-2-1-3-7-15)26-25-21(29)14-33-20-9-5-4-8-19(20)28(31)32/h1-12,30H,13-14H2. The number of hydrogen-bond acceptors (Lipinski definition) is 6. The molecule has 1 amide bonds. The number of rotatable bonds is 7. The largest absolute Gasteiger partial charge is 0.493 e. The molecule has 10 heteroatoms. The molecule has 9 nitrogen and oxygen atoms in total. The van der Waals surface area contributed by atoms with Gasteiger partial charge in [0.25, 0.3) is 0 Å². The lowest BCUT2D eigenvalue weighted by molar-refractivity contribution is -0.385. The SMILES string of the molecule is O=C(COc1ccccc1[N+](=O)[O-])N=Nc1c(O)n(Cc2ccccc2)c2ccc(Br)cc12. The van der Waals surface area contributed by atoms with Crippen molar-refractivity contribution in [3.8, 4) is 11.6 Å². The minimum Gasteiger partial charge on any atom is -0.493 e. The lowest BCUT2D eigenvalue weighted by Crippen LogP contribution is -2.09. The van der Waals surface area contributed by atoms with Crippen molar-refractivity contribution in [2.75, 3.05) is 6.61 Å².